The zero-order chi connectivity index (χ0) is 24.9. The largest absolute Gasteiger partial charge is 0.417 e. The quantitative estimate of drug-likeness (QED) is 0.479. The van der Waals surface area contributed by atoms with Crippen molar-refractivity contribution in [3.63, 3.8) is 0 Å². The average molecular weight is 483 g/mol. The van der Waals surface area contributed by atoms with Crippen LogP contribution in [0.1, 0.15) is 22.6 Å². The van der Waals surface area contributed by atoms with Gasteiger partial charge >= 0.3 is 6.18 Å². The van der Waals surface area contributed by atoms with Crippen LogP contribution < -0.4 is 10.5 Å². The fourth-order valence-corrected chi connectivity index (χ4v) is 4.53. The highest BCUT2D eigenvalue weighted by atomic mass is 19.4. The molecule has 4 aromatic rings. The molecule has 4 heterocycles. The van der Waals surface area contributed by atoms with Crippen LogP contribution in [0.25, 0.3) is 16.9 Å². The Morgan fingerprint density at radius 3 is 2.43 bits per heavy atom. The smallest absolute Gasteiger partial charge is 0.340 e. The van der Waals surface area contributed by atoms with Crippen LogP contribution >= 0.6 is 0 Å². The number of halogens is 3. The molecule has 0 saturated carbocycles. The van der Waals surface area contributed by atoms with Gasteiger partial charge in [-0.2, -0.15) is 27.9 Å². The minimum Gasteiger partial charge on any atom is -0.340 e. The first kappa shape index (κ1) is 23.0. The lowest BCUT2D eigenvalue weighted by atomic mass is 9.93. The van der Waals surface area contributed by atoms with Gasteiger partial charge in [-0.1, -0.05) is 29.8 Å². The van der Waals surface area contributed by atoms with E-state index < -0.39 is 11.7 Å². The third kappa shape index (κ3) is 4.27. The number of pyridine rings is 1. The number of aromatic nitrogens is 5. The second-order valence-corrected chi connectivity index (χ2v) is 9.04. The van der Waals surface area contributed by atoms with Gasteiger partial charge in [-0.3, -0.25) is 9.78 Å². The highest BCUT2D eigenvalue weighted by Crippen LogP contribution is 2.33. The van der Waals surface area contributed by atoms with Gasteiger partial charge in [0.1, 0.15) is 5.39 Å². The lowest BCUT2D eigenvalue weighted by molar-refractivity contribution is -0.137. The van der Waals surface area contributed by atoms with Gasteiger partial charge in [0.2, 0.25) is 5.95 Å². The maximum atomic E-state index is 12.9. The highest BCUT2D eigenvalue weighted by molar-refractivity contribution is 5.76. The summed E-state index contributed by atoms with van der Waals surface area (Å²) in [5.41, 5.74) is 1.39. The van der Waals surface area contributed by atoms with Crippen LogP contribution in [0.5, 0.6) is 0 Å². The van der Waals surface area contributed by atoms with Crippen molar-refractivity contribution in [2.45, 2.75) is 25.1 Å². The Labute approximate surface area is 199 Å². The molecule has 1 aliphatic heterocycles. The van der Waals surface area contributed by atoms with E-state index in [0.29, 0.717) is 19.0 Å². The standard InChI is InChI=1S/C24H24F3N7O/c1-14-4-6-15(7-5-14)18-12-33(13-19(18)32(2)3)23-30-21-17(22(35)31-23)11-29-34(21)20-9-8-16(10-28-20)24(25,26)27/h4-11,18-19H,12-13H2,1-3H3,(H,30,31,35)/t18-,19+/m0/s1. The fraction of sp³-hybridized carbons (Fsp3) is 0.333. The molecule has 1 aliphatic rings. The summed E-state index contributed by atoms with van der Waals surface area (Å²) < 4.78 is 40.1. The summed E-state index contributed by atoms with van der Waals surface area (Å²) in [6, 6.07) is 10.8. The summed E-state index contributed by atoms with van der Waals surface area (Å²) in [7, 11) is 4.06. The van der Waals surface area contributed by atoms with Crippen LogP contribution in [-0.2, 0) is 6.18 Å². The first-order valence-corrected chi connectivity index (χ1v) is 11.1. The first-order chi connectivity index (χ1) is 16.6. The van der Waals surface area contributed by atoms with Crippen LogP contribution in [0.3, 0.4) is 0 Å². The number of aryl methyl sites for hydroxylation is 1. The molecule has 0 unspecified atom stereocenters. The molecule has 1 aromatic carbocycles. The van der Waals surface area contributed by atoms with E-state index in [1.165, 1.54) is 28.1 Å². The van der Waals surface area contributed by atoms with Crippen LogP contribution in [0.2, 0.25) is 0 Å². The van der Waals surface area contributed by atoms with E-state index in [9.17, 15) is 18.0 Å². The van der Waals surface area contributed by atoms with E-state index in [1.54, 1.807) is 0 Å². The van der Waals surface area contributed by atoms with Crippen LogP contribution in [0.15, 0.2) is 53.6 Å². The number of benzene rings is 1. The average Bonchev–Trinajstić information content (AvgIpc) is 3.44. The van der Waals surface area contributed by atoms with E-state index >= 15 is 0 Å². The van der Waals surface area contributed by atoms with Crippen LogP contribution in [0.4, 0.5) is 19.1 Å². The van der Waals surface area contributed by atoms with Crippen molar-refractivity contribution < 1.29 is 13.2 Å². The molecule has 0 amide bonds. The second kappa shape index (κ2) is 8.49. The maximum absolute atomic E-state index is 12.9. The molecular formula is C24H24F3N7O. The summed E-state index contributed by atoms with van der Waals surface area (Å²) >= 11 is 0. The molecule has 1 N–H and O–H groups in total. The van der Waals surface area contributed by atoms with Gasteiger partial charge in [0.25, 0.3) is 5.56 Å². The monoisotopic (exact) mass is 483 g/mol. The van der Waals surface area contributed by atoms with E-state index in [-0.39, 0.29) is 34.4 Å². The predicted octanol–water partition coefficient (Wildman–Crippen LogP) is 3.37. The van der Waals surface area contributed by atoms with Gasteiger partial charge in [0.05, 0.1) is 11.8 Å². The Kier molecular flexibility index (Phi) is 5.59. The number of anilines is 1. The molecule has 1 saturated heterocycles. The highest BCUT2D eigenvalue weighted by Gasteiger charge is 2.36. The van der Waals surface area contributed by atoms with Gasteiger partial charge in [-0.15, -0.1) is 0 Å². The van der Waals surface area contributed by atoms with Gasteiger partial charge in [-0.25, -0.2) is 4.98 Å². The van der Waals surface area contributed by atoms with Crippen molar-refractivity contribution in [3.05, 3.63) is 75.8 Å². The summed E-state index contributed by atoms with van der Waals surface area (Å²) in [5, 5.41) is 4.39. The van der Waals surface area contributed by atoms with Gasteiger partial charge in [0.15, 0.2) is 11.5 Å². The molecule has 35 heavy (non-hydrogen) atoms. The molecule has 3 aromatic heterocycles. The molecule has 11 heteroatoms. The Morgan fingerprint density at radius 2 is 1.80 bits per heavy atom. The number of alkyl halides is 3. The number of hydrogen-bond acceptors (Lipinski definition) is 6. The number of nitrogens with one attached hydrogen (secondary N) is 1. The molecule has 2 atom stereocenters. The molecular weight excluding hydrogens is 459 g/mol. The van der Waals surface area contributed by atoms with E-state index in [1.807, 2.05) is 25.9 Å². The molecule has 8 nitrogen and oxygen atoms in total. The number of rotatable bonds is 4. The fourth-order valence-electron chi connectivity index (χ4n) is 4.53. The summed E-state index contributed by atoms with van der Waals surface area (Å²) in [4.78, 5) is 28.4. The van der Waals surface area contributed by atoms with Gasteiger partial charge in [0, 0.05) is 31.2 Å². The second-order valence-electron chi connectivity index (χ2n) is 9.04. The molecule has 182 valence electrons. The number of aromatic amines is 1. The number of H-pyrrole nitrogens is 1. The SMILES string of the molecule is Cc1ccc([C@@H]2CN(c3nc4c(cnn4-c4ccc(C(F)(F)F)cn4)c(=O)[nH]3)C[C@H]2N(C)C)cc1. The topological polar surface area (TPSA) is 82.9 Å². The number of nitrogens with zero attached hydrogens (tertiary/aromatic N) is 6. The summed E-state index contributed by atoms with van der Waals surface area (Å²) in [6.07, 6.45) is -2.41. The van der Waals surface area contributed by atoms with Crippen molar-refractivity contribution in [1.82, 2.24) is 29.6 Å². The predicted molar refractivity (Wildman–Crippen MR) is 126 cm³/mol. The normalized spacial score (nSPS) is 18.7. The number of likely N-dealkylation sites (N-methyl/N-ethyl adjacent to an activating group) is 1. The molecule has 0 spiro atoms. The molecule has 5 rings (SSSR count). The zero-order valence-electron chi connectivity index (χ0n) is 19.4. The Hall–Kier alpha value is -3.73. The van der Waals surface area contributed by atoms with E-state index in [4.69, 9.17) is 0 Å². The lowest BCUT2D eigenvalue weighted by Crippen LogP contribution is -2.35. The number of fused-ring (bicyclic) bond motifs is 1. The van der Waals surface area contributed by atoms with Gasteiger partial charge < -0.3 is 9.80 Å². The minimum atomic E-state index is -4.49. The Bertz CT molecular complexity index is 1410. The Morgan fingerprint density at radius 1 is 1.06 bits per heavy atom. The van der Waals surface area contributed by atoms with Crippen molar-refractivity contribution >= 4 is 17.0 Å². The molecule has 0 bridgehead atoms. The molecule has 0 aliphatic carbocycles. The first-order valence-electron chi connectivity index (χ1n) is 11.1. The number of hydrogen-bond donors (Lipinski definition) is 1. The third-order valence-corrected chi connectivity index (χ3v) is 6.48. The third-order valence-electron chi connectivity index (χ3n) is 6.48. The summed E-state index contributed by atoms with van der Waals surface area (Å²) in [6.45, 7) is 3.34. The van der Waals surface area contributed by atoms with Crippen molar-refractivity contribution in [1.29, 1.82) is 0 Å². The summed E-state index contributed by atoms with van der Waals surface area (Å²) in [5.74, 6) is 0.730. The van der Waals surface area contributed by atoms with Crippen LogP contribution in [0, 0.1) is 6.92 Å². The lowest BCUT2D eigenvalue weighted by Gasteiger charge is -2.25. The zero-order valence-corrected chi connectivity index (χ0v) is 19.4. The van der Waals surface area contributed by atoms with E-state index in [2.05, 4.69) is 49.2 Å². The maximum Gasteiger partial charge on any atom is 0.417 e. The Balaban J connectivity index is 1.51. The minimum absolute atomic E-state index is 0.141. The van der Waals surface area contributed by atoms with Crippen molar-refractivity contribution in [2.24, 2.45) is 0 Å². The molecule has 1 fully saturated rings. The van der Waals surface area contributed by atoms with Crippen LogP contribution in [-0.4, -0.2) is 62.9 Å². The van der Waals surface area contributed by atoms with Crippen molar-refractivity contribution in [3.8, 4) is 5.82 Å². The molecule has 0 radical (unpaired) electrons. The van der Waals surface area contributed by atoms with Crippen molar-refractivity contribution in [2.75, 3.05) is 32.1 Å². The van der Waals surface area contributed by atoms with Gasteiger partial charge in [-0.05, 0) is 38.7 Å². The van der Waals surface area contributed by atoms with E-state index in [0.717, 1.165) is 12.3 Å².